The molecule has 0 bridgehead atoms. The van der Waals surface area contributed by atoms with E-state index in [2.05, 4.69) is 24.5 Å². The molecule has 0 fully saturated rings. The number of nitrogens with zero attached hydrogens (tertiary/aromatic N) is 3. The van der Waals surface area contributed by atoms with E-state index in [9.17, 15) is 4.79 Å². The van der Waals surface area contributed by atoms with Crippen LogP contribution in [0.1, 0.15) is 31.8 Å². The third-order valence-corrected chi connectivity index (χ3v) is 2.75. The van der Waals surface area contributed by atoms with Crippen LogP contribution >= 0.6 is 9.24 Å². The summed E-state index contributed by atoms with van der Waals surface area (Å²) in [5.41, 5.74) is 0.973. The Balaban J connectivity index is 0.00000154. The van der Waals surface area contributed by atoms with Crippen molar-refractivity contribution >= 4 is 21.0 Å². The summed E-state index contributed by atoms with van der Waals surface area (Å²) in [6.07, 6.45) is 1.78. The van der Waals surface area contributed by atoms with Crippen molar-refractivity contribution in [2.24, 2.45) is 0 Å². The molecule has 0 spiro atoms. The molecule has 19 heavy (non-hydrogen) atoms. The molecule has 6 heteroatoms. The highest BCUT2D eigenvalue weighted by Crippen LogP contribution is 2.13. The average Bonchev–Trinajstić information content (AvgIpc) is 2.46. The van der Waals surface area contributed by atoms with Gasteiger partial charge in [-0.05, 0) is 0 Å². The second kappa shape index (κ2) is 9.68. The molecular weight excluding hydrogens is 259 g/mol. The van der Waals surface area contributed by atoms with E-state index < -0.39 is 0 Å². The molecule has 0 saturated carbocycles. The van der Waals surface area contributed by atoms with Crippen LogP contribution in [0, 0.1) is 0 Å². The molecular formula is C13H25N4OP. The van der Waals surface area contributed by atoms with Crippen LogP contribution in [0.25, 0.3) is 0 Å². The van der Waals surface area contributed by atoms with Gasteiger partial charge in [-0.3, -0.25) is 4.79 Å². The first-order valence-corrected chi connectivity index (χ1v) is 7.33. The van der Waals surface area contributed by atoms with Crippen LogP contribution in [0.2, 0.25) is 0 Å². The van der Waals surface area contributed by atoms with Crippen molar-refractivity contribution < 1.29 is 4.79 Å². The quantitative estimate of drug-likeness (QED) is 0.835. The van der Waals surface area contributed by atoms with Crippen LogP contribution < -0.4 is 10.2 Å². The predicted molar refractivity (Wildman–Crippen MR) is 83.5 cm³/mol. The molecule has 0 aliphatic heterocycles. The molecule has 108 valence electrons. The monoisotopic (exact) mass is 284 g/mol. The maximum Gasteiger partial charge on any atom is 0.220 e. The summed E-state index contributed by atoms with van der Waals surface area (Å²) in [6, 6.07) is 1.95. The third-order valence-electron chi connectivity index (χ3n) is 2.33. The molecule has 1 N–H and O–H groups in total. The van der Waals surface area contributed by atoms with Crippen LogP contribution in [0.3, 0.4) is 0 Å². The number of hydrogen-bond donors (Lipinski definition) is 1. The van der Waals surface area contributed by atoms with E-state index in [4.69, 9.17) is 0 Å². The normalized spacial score (nSPS) is 9.37. The molecule has 0 aliphatic carbocycles. The number of nitrogens with one attached hydrogen (secondary N) is 1. The summed E-state index contributed by atoms with van der Waals surface area (Å²) in [5, 5.41) is 2.59. The number of carbonyl (C=O) groups is 1. The minimum atomic E-state index is 0.0104. The number of rotatable bonds is 5. The molecule has 0 aromatic carbocycles. The lowest BCUT2D eigenvalue weighted by atomic mass is 10.2. The molecule has 0 aliphatic rings. The predicted octanol–water partition coefficient (Wildman–Crippen LogP) is 1.62. The van der Waals surface area contributed by atoms with Crippen molar-refractivity contribution in [3.8, 4) is 0 Å². The van der Waals surface area contributed by atoms with Crippen molar-refractivity contribution in [3.05, 3.63) is 17.6 Å². The molecule has 1 rings (SSSR count). The number of carbonyl (C=O) groups excluding carboxylic acids is 1. The first-order chi connectivity index (χ1) is 9.06. The highest BCUT2D eigenvalue weighted by atomic mass is 31.0. The number of aryl methyl sites for hydroxylation is 1. The minimum absolute atomic E-state index is 0.0104. The number of amides is 1. The van der Waals surface area contributed by atoms with Gasteiger partial charge in [-0.1, -0.05) is 13.8 Å². The van der Waals surface area contributed by atoms with E-state index in [1.165, 1.54) is 0 Å². The molecule has 1 heterocycles. The lowest BCUT2D eigenvalue weighted by Gasteiger charge is -2.13. The zero-order valence-corrected chi connectivity index (χ0v) is 13.7. The SMILES string of the molecule is CC.CNC(=O)CCc1nc(CP)cc(N(C)C)n1. The number of aromatic nitrogens is 2. The van der Waals surface area contributed by atoms with Gasteiger partial charge >= 0.3 is 0 Å². The summed E-state index contributed by atoms with van der Waals surface area (Å²) >= 11 is 0. The van der Waals surface area contributed by atoms with E-state index in [0.717, 1.165) is 23.5 Å². The van der Waals surface area contributed by atoms with Crippen LogP contribution in [0.4, 0.5) is 5.82 Å². The standard InChI is InChI=1S/C11H19N4OP.C2H6/c1-12-11(16)5-4-9-13-8(7-17)6-10(14-9)15(2)3;1-2/h6H,4-5,7,17H2,1-3H3,(H,12,16);1-2H3. The lowest BCUT2D eigenvalue weighted by Crippen LogP contribution is -2.19. The van der Waals surface area contributed by atoms with E-state index in [1.54, 1.807) is 7.05 Å². The fourth-order valence-electron chi connectivity index (χ4n) is 1.33. The summed E-state index contributed by atoms with van der Waals surface area (Å²) in [7, 11) is 8.16. The Morgan fingerprint density at radius 2 is 2.00 bits per heavy atom. The zero-order valence-electron chi connectivity index (χ0n) is 12.5. The van der Waals surface area contributed by atoms with Gasteiger partial charge in [0.15, 0.2) is 0 Å². The van der Waals surface area contributed by atoms with Crippen LogP contribution in [-0.4, -0.2) is 37.0 Å². The van der Waals surface area contributed by atoms with Gasteiger partial charge < -0.3 is 10.2 Å². The maximum atomic E-state index is 11.2. The van der Waals surface area contributed by atoms with Crippen LogP contribution in [-0.2, 0) is 17.4 Å². The molecule has 0 saturated heterocycles. The first kappa shape index (κ1) is 17.8. The average molecular weight is 284 g/mol. The van der Waals surface area contributed by atoms with Gasteiger partial charge in [0, 0.05) is 51.9 Å². The molecule has 1 aromatic heterocycles. The van der Waals surface area contributed by atoms with E-state index in [-0.39, 0.29) is 5.91 Å². The van der Waals surface area contributed by atoms with Crippen molar-refractivity contribution in [2.45, 2.75) is 32.9 Å². The van der Waals surface area contributed by atoms with E-state index in [1.807, 2.05) is 38.9 Å². The van der Waals surface area contributed by atoms with Gasteiger partial charge in [-0.25, -0.2) is 9.97 Å². The number of anilines is 1. The topological polar surface area (TPSA) is 58.1 Å². The Hall–Kier alpha value is -1.22. The number of hydrogen-bond acceptors (Lipinski definition) is 4. The lowest BCUT2D eigenvalue weighted by molar-refractivity contribution is -0.120. The zero-order chi connectivity index (χ0) is 14.8. The first-order valence-electron chi connectivity index (χ1n) is 6.51. The maximum absolute atomic E-state index is 11.2. The second-order valence-corrected chi connectivity index (χ2v) is 4.31. The smallest absolute Gasteiger partial charge is 0.220 e. The Labute approximate surface area is 118 Å². The van der Waals surface area contributed by atoms with Gasteiger partial charge in [-0.15, -0.1) is 9.24 Å². The Bertz CT molecular complexity index is 396. The summed E-state index contributed by atoms with van der Waals surface area (Å²) in [5.74, 6) is 1.61. The van der Waals surface area contributed by atoms with Gasteiger partial charge in [-0.2, -0.15) is 0 Å². The summed E-state index contributed by atoms with van der Waals surface area (Å²) in [4.78, 5) is 21.9. The highest BCUT2D eigenvalue weighted by molar-refractivity contribution is 7.15. The molecule has 0 radical (unpaired) electrons. The minimum Gasteiger partial charge on any atom is -0.363 e. The Kier molecular flexibility index (Phi) is 9.06. The molecule has 1 unspecified atom stereocenters. The Morgan fingerprint density at radius 3 is 2.47 bits per heavy atom. The molecule has 5 nitrogen and oxygen atoms in total. The van der Waals surface area contributed by atoms with Crippen LogP contribution in [0.15, 0.2) is 6.07 Å². The molecule has 1 atom stereocenters. The van der Waals surface area contributed by atoms with Gasteiger partial charge in [0.2, 0.25) is 5.91 Å². The van der Waals surface area contributed by atoms with Gasteiger partial charge in [0.25, 0.3) is 0 Å². The van der Waals surface area contributed by atoms with E-state index in [0.29, 0.717) is 12.8 Å². The second-order valence-electron chi connectivity index (χ2n) is 3.91. The summed E-state index contributed by atoms with van der Waals surface area (Å²) in [6.45, 7) is 4.00. The van der Waals surface area contributed by atoms with Gasteiger partial charge in [0.1, 0.15) is 11.6 Å². The van der Waals surface area contributed by atoms with Crippen molar-refractivity contribution in [1.82, 2.24) is 15.3 Å². The molecule has 1 amide bonds. The fraction of sp³-hybridized carbons (Fsp3) is 0.615. The van der Waals surface area contributed by atoms with Crippen LogP contribution in [0.5, 0.6) is 0 Å². The van der Waals surface area contributed by atoms with E-state index >= 15 is 0 Å². The Morgan fingerprint density at radius 1 is 1.37 bits per heavy atom. The highest BCUT2D eigenvalue weighted by Gasteiger charge is 2.07. The summed E-state index contributed by atoms with van der Waals surface area (Å²) < 4.78 is 0. The third kappa shape index (κ3) is 6.48. The molecule has 1 aromatic rings. The van der Waals surface area contributed by atoms with Crippen molar-refractivity contribution in [1.29, 1.82) is 0 Å². The van der Waals surface area contributed by atoms with Gasteiger partial charge in [0.05, 0.1) is 0 Å². The van der Waals surface area contributed by atoms with Crippen molar-refractivity contribution in [2.75, 3.05) is 26.0 Å². The largest absolute Gasteiger partial charge is 0.363 e. The van der Waals surface area contributed by atoms with Crippen molar-refractivity contribution in [3.63, 3.8) is 0 Å². The fourth-order valence-corrected chi connectivity index (χ4v) is 1.54.